The molecule has 112 valence electrons. The first-order valence-corrected chi connectivity index (χ1v) is 7.57. The van der Waals surface area contributed by atoms with Gasteiger partial charge < -0.3 is 10.5 Å². The predicted molar refractivity (Wildman–Crippen MR) is 85.3 cm³/mol. The van der Waals surface area contributed by atoms with Gasteiger partial charge in [-0.15, -0.1) is 0 Å². The Balaban J connectivity index is 2.56. The van der Waals surface area contributed by atoms with Gasteiger partial charge in [-0.3, -0.25) is 9.88 Å². The molecule has 3 unspecified atom stereocenters. The van der Waals surface area contributed by atoms with Crippen LogP contribution in [-0.4, -0.2) is 24.7 Å². The lowest BCUT2D eigenvalue weighted by molar-refractivity contribution is -0.149. The first-order valence-electron chi connectivity index (χ1n) is 7.00. The number of carbonyl (C=O) groups is 1. The molecule has 20 heavy (non-hydrogen) atoms. The fraction of sp³-hybridized carbons (Fsp3) is 0.533. The second-order valence-corrected chi connectivity index (χ2v) is 5.46. The Hall–Kier alpha value is -0.960. The van der Waals surface area contributed by atoms with E-state index in [4.69, 9.17) is 10.5 Å². The van der Waals surface area contributed by atoms with Crippen LogP contribution in [0.4, 0.5) is 0 Å². The molecule has 3 N–H and O–H groups in total. The van der Waals surface area contributed by atoms with Crippen LogP contribution in [0.2, 0.25) is 0 Å². The molecule has 4 nitrogen and oxygen atoms in total. The third kappa shape index (κ3) is 5.58. The van der Waals surface area contributed by atoms with Crippen molar-refractivity contribution in [2.24, 2.45) is 5.73 Å². The summed E-state index contributed by atoms with van der Waals surface area (Å²) in [5.74, 6) is 0.0581. The summed E-state index contributed by atoms with van der Waals surface area (Å²) >= 11 is 0. The van der Waals surface area contributed by atoms with Crippen LogP contribution >= 0.6 is 9.39 Å². The minimum atomic E-state index is -0.305. The van der Waals surface area contributed by atoms with Crippen molar-refractivity contribution in [1.82, 2.24) is 5.09 Å². The molecule has 0 heterocycles. The lowest BCUT2D eigenvalue weighted by Gasteiger charge is -2.20. The monoisotopic (exact) mass is 296 g/mol. The zero-order valence-electron chi connectivity index (χ0n) is 12.2. The van der Waals surface area contributed by atoms with E-state index >= 15 is 0 Å². The highest BCUT2D eigenvalue weighted by Crippen LogP contribution is 2.21. The van der Waals surface area contributed by atoms with Gasteiger partial charge in [0, 0.05) is 0 Å². The highest BCUT2D eigenvalue weighted by atomic mass is 31.0. The number of ether oxygens (including phenoxy) is 1. The quantitative estimate of drug-likeness (QED) is 0.570. The van der Waals surface area contributed by atoms with Crippen molar-refractivity contribution in [3.05, 3.63) is 35.9 Å². The van der Waals surface area contributed by atoms with Gasteiger partial charge in [0.25, 0.3) is 0 Å². The van der Waals surface area contributed by atoms with E-state index < -0.39 is 0 Å². The van der Waals surface area contributed by atoms with Gasteiger partial charge in [-0.1, -0.05) is 39.7 Å². The number of hydrogen-bond acceptors (Lipinski definition) is 4. The van der Waals surface area contributed by atoms with E-state index in [0.29, 0.717) is 13.0 Å². The largest absolute Gasteiger partial charge is 0.462 e. The van der Waals surface area contributed by atoms with E-state index in [2.05, 4.69) is 26.6 Å². The maximum Gasteiger partial charge on any atom is 0.323 e. The van der Waals surface area contributed by atoms with Gasteiger partial charge in [0.1, 0.15) is 6.04 Å². The highest BCUT2D eigenvalue weighted by molar-refractivity contribution is 7.13. The van der Waals surface area contributed by atoms with E-state index in [-0.39, 0.29) is 24.0 Å². The van der Waals surface area contributed by atoms with Crippen LogP contribution in [-0.2, 0) is 9.53 Å². The molecule has 1 aromatic rings. The number of nitrogens with one attached hydrogen (secondary N) is 1. The summed E-state index contributed by atoms with van der Waals surface area (Å²) < 4.78 is 5.23. The topological polar surface area (TPSA) is 64.3 Å². The average molecular weight is 296 g/mol. The molecule has 0 bridgehead atoms. The summed E-state index contributed by atoms with van der Waals surface area (Å²) in [6.45, 7) is 4.28. The van der Waals surface area contributed by atoms with Crippen molar-refractivity contribution in [1.29, 1.82) is 0 Å². The number of rotatable bonds is 8. The van der Waals surface area contributed by atoms with Crippen molar-refractivity contribution < 1.29 is 9.53 Å². The summed E-state index contributed by atoms with van der Waals surface area (Å²) in [6, 6.07) is 9.86. The molecule has 0 spiro atoms. The van der Waals surface area contributed by atoms with Gasteiger partial charge in [0.15, 0.2) is 0 Å². The molecule has 0 radical (unpaired) electrons. The highest BCUT2D eigenvalue weighted by Gasteiger charge is 2.21. The van der Waals surface area contributed by atoms with Crippen LogP contribution in [0, 0.1) is 0 Å². The summed E-state index contributed by atoms with van der Waals surface area (Å²) in [7, 11) is 2.39. The number of carbonyl (C=O) groups excluding carboxylic acids is 1. The molecule has 0 fully saturated rings. The Bertz CT molecular complexity index is 398. The second kappa shape index (κ2) is 9.06. The fourth-order valence-electron chi connectivity index (χ4n) is 2.10. The number of esters is 1. The molecule has 3 atom stereocenters. The normalized spacial score (nSPS) is 14.1. The molecule has 0 aliphatic heterocycles. The standard InChI is InChI=1S/C15H25N2O2P/c1-11(2)19-15(18)14(17-20)9-8-13(10-16)12-6-4-3-5-7-12/h3-7,11,13-14,17H,8-10,16,20H2,1-2H3. The first-order chi connectivity index (χ1) is 9.58. The third-order valence-electron chi connectivity index (χ3n) is 3.20. The van der Waals surface area contributed by atoms with Crippen LogP contribution in [0.5, 0.6) is 0 Å². The van der Waals surface area contributed by atoms with Crippen LogP contribution in [0.3, 0.4) is 0 Å². The first kappa shape index (κ1) is 17.1. The lowest BCUT2D eigenvalue weighted by Crippen LogP contribution is -2.34. The van der Waals surface area contributed by atoms with E-state index in [1.807, 2.05) is 32.0 Å². The third-order valence-corrected chi connectivity index (χ3v) is 3.60. The summed E-state index contributed by atoms with van der Waals surface area (Å²) in [6.07, 6.45) is 1.45. The fourth-order valence-corrected chi connectivity index (χ4v) is 2.40. The number of hydrogen-bond donors (Lipinski definition) is 2. The molecule has 5 heteroatoms. The van der Waals surface area contributed by atoms with Gasteiger partial charge >= 0.3 is 5.97 Å². The van der Waals surface area contributed by atoms with E-state index in [1.165, 1.54) is 5.56 Å². The van der Waals surface area contributed by atoms with Gasteiger partial charge in [-0.25, -0.2) is 0 Å². The molecule has 0 saturated heterocycles. The predicted octanol–water partition coefficient (Wildman–Crippen LogP) is 2.21. The van der Waals surface area contributed by atoms with Crippen LogP contribution in [0.15, 0.2) is 30.3 Å². The van der Waals surface area contributed by atoms with Crippen molar-refractivity contribution in [3.8, 4) is 0 Å². The molecule has 0 aliphatic rings. The van der Waals surface area contributed by atoms with E-state index in [1.54, 1.807) is 0 Å². The Morgan fingerprint density at radius 2 is 1.95 bits per heavy atom. The zero-order chi connectivity index (χ0) is 15.0. The van der Waals surface area contributed by atoms with Crippen molar-refractivity contribution in [3.63, 3.8) is 0 Å². The van der Waals surface area contributed by atoms with Gasteiger partial charge in [-0.2, -0.15) is 0 Å². The molecule has 1 rings (SSSR count). The maximum absolute atomic E-state index is 11.9. The summed E-state index contributed by atoms with van der Waals surface area (Å²) in [5, 5.41) is 2.94. The van der Waals surface area contributed by atoms with Crippen molar-refractivity contribution >= 4 is 15.4 Å². The van der Waals surface area contributed by atoms with Crippen LogP contribution in [0.25, 0.3) is 0 Å². The van der Waals surface area contributed by atoms with Gasteiger partial charge in [-0.05, 0) is 44.7 Å². The van der Waals surface area contributed by atoms with Gasteiger partial charge in [0.2, 0.25) is 0 Å². The smallest absolute Gasteiger partial charge is 0.323 e. The molecule has 0 amide bonds. The molecular formula is C15H25N2O2P. The Kier molecular flexibility index (Phi) is 7.75. The molecule has 0 aromatic heterocycles. The maximum atomic E-state index is 11.9. The van der Waals surface area contributed by atoms with Crippen molar-refractivity contribution in [2.45, 2.75) is 44.8 Å². The number of nitrogens with two attached hydrogens (primary N) is 1. The SMILES string of the molecule is CC(C)OC(=O)C(CCC(CN)c1ccccc1)NP. The molecule has 0 aliphatic carbocycles. The zero-order valence-corrected chi connectivity index (χ0v) is 13.4. The molecular weight excluding hydrogens is 271 g/mol. The van der Waals surface area contributed by atoms with E-state index in [9.17, 15) is 4.79 Å². The van der Waals surface area contributed by atoms with E-state index in [0.717, 1.165) is 6.42 Å². The minimum Gasteiger partial charge on any atom is -0.462 e. The Morgan fingerprint density at radius 3 is 2.45 bits per heavy atom. The summed E-state index contributed by atoms with van der Waals surface area (Å²) in [5.41, 5.74) is 7.06. The Labute approximate surface area is 123 Å². The second-order valence-electron chi connectivity index (χ2n) is 5.13. The molecule has 1 aromatic carbocycles. The lowest BCUT2D eigenvalue weighted by atomic mass is 9.93. The minimum absolute atomic E-state index is 0.0946. The van der Waals surface area contributed by atoms with Gasteiger partial charge in [0.05, 0.1) is 6.10 Å². The Morgan fingerprint density at radius 1 is 1.30 bits per heavy atom. The van der Waals surface area contributed by atoms with Crippen LogP contribution < -0.4 is 10.8 Å². The summed E-state index contributed by atoms with van der Waals surface area (Å²) in [4.78, 5) is 11.9. The number of benzene rings is 1. The van der Waals surface area contributed by atoms with Crippen LogP contribution in [0.1, 0.15) is 38.2 Å². The average Bonchev–Trinajstić information content (AvgIpc) is 2.44. The molecule has 0 saturated carbocycles. The van der Waals surface area contributed by atoms with Crippen molar-refractivity contribution in [2.75, 3.05) is 6.54 Å².